The molecule has 3 amide bonds. The summed E-state index contributed by atoms with van der Waals surface area (Å²) in [5.41, 5.74) is 4.72. The minimum absolute atomic E-state index is 0.0727. The first-order chi connectivity index (χ1) is 15.8. The number of anilines is 1. The molecule has 3 aromatic rings. The van der Waals surface area contributed by atoms with E-state index in [2.05, 4.69) is 16.7 Å². The van der Waals surface area contributed by atoms with Gasteiger partial charge in [-0.25, -0.2) is 9.18 Å². The third kappa shape index (κ3) is 6.99. The summed E-state index contributed by atoms with van der Waals surface area (Å²) in [7, 11) is 0. The number of hydrogen-bond donors (Lipinski definition) is 2. The minimum Gasteiger partial charge on any atom is -0.307 e. The van der Waals surface area contributed by atoms with Gasteiger partial charge in [0, 0.05) is 18.8 Å². The van der Waals surface area contributed by atoms with Crippen LogP contribution in [0.25, 0.3) is 0 Å². The van der Waals surface area contributed by atoms with Crippen LogP contribution in [0.15, 0.2) is 66.7 Å². The van der Waals surface area contributed by atoms with Crippen LogP contribution in [0, 0.1) is 31.0 Å². The molecule has 0 unspecified atom stereocenters. The molecule has 0 spiro atoms. The fourth-order valence-corrected chi connectivity index (χ4v) is 3.41. The largest absolute Gasteiger partial charge is 0.325 e. The first-order valence-corrected chi connectivity index (χ1v) is 10.5. The van der Waals surface area contributed by atoms with E-state index in [1.807, 2.05) is 38.1 Å². The van der Waals surface area contributed by atoms with E-state index in [-0.39, 0.29) is 12.4 Å². The van der Waals surface area contributed by atoms with Crippen LogP contribution >= 0.6 is 0 Å². The number of nitriles is 1. The van der Waals surface area contributed by atoms with Crippen molar-refractivity contribution in [2.75, 3.05) is 11.9 Å². The normalized spacial score (nSPS) is 10.5. The van der Waals surface area contributed by atoms with Gasteiger partial charge in [-0.15, -0.1) is 0 Å². The fourth-order valence-electron chi connectivity index (χ4n) is 3.41. The van der Waals surface area contributed by atoms with E-state index in [4.69, 9.17) is 5.26 Å². The van der Waals surface area contributed by atoms with E-state index in [0.717, 1.165) is 16.7 Å². The monoisotopic (exact) mass is 444 g/mol. The van der Waals surface area contributed by atoms with Gasteiger partial charge in [0.25, 0.3) is 0 Å². The molecular weight excluding hydrogens is 419 g/mol. The Bertz CT molecular complexity index is 1190. The average Bonchev–Trinajstić information content (AvgIpc) is 2.77. The SMILES string of the molecule is Cc1cccc(NC(=O)NC(=O)CN(Cc2ccc(C#N)cc2)Cc2cccc(F)c2)c1C. The molecule has 0 bridgehead atoms. The average molecular weight is 445 g/mol. The standard InChI is InChI=1S/C26H25FN4O2/c1-18-5-3-8-24(19(18)2)29-26(33)30-25(32)17-31(16-22-6-4-7-23(27)13-22)15-21-11-9-20(14-28)10-12-21/h3-13H,15-17H2,1-2H3,(H2,29,30,32,33). The highest BCUT2D eigenvalue weighted by Gasteiger charge is 2.16. The number of imide groups is 1. The van der Waals surface area contributed by atoms with Crippen LogP contribution < -0.4 is 10.6 Å². The van der Waals surface area contributed by atoms with Gasteiger partial charge in [0.1, 0.15) is 5.82 Å². The van der Waals surface area contributed by atoms with Gasteiger partial charge >= 0.3 is 6.03 Å². The number of urea groups is 1. The van der Waals surface area contributed by atoms with Crippen molar-refractivity contribution < 1.29 is 14.0 Å². The molecule has 0 aliphatic carbocycles. The molecule has 0 aliphatic rings. The van der Waals surface area contributed by atoms with Gasteiger partial charge in [-0.2, -0.15) is 5.26 Å². The molecular formula is C26H25FN4O2. The molecule has 2 N–H and O–H groups in total. The smallest absolute Gasteiger partial charge is 0.307 e. The predicted octanol–water partition coefficient (Wildman–Crippen LogP) is 4.66. The third-order valence-electron chi connectivity index (χ3n) is 5.26. The number of carbonyl (C=O) groups excluding carboxylic acids is 2. The Morgan fingerprint density at radius 1 is 0.970 bits per heavy atom. The Kier molecular flexibility index (Phi) is 7.90. The van der Waals surface area contributed by atoms with Crippen molar-refractivity contribution in [1.82, 2.24) is 10.2 Å². The molecule has 7 heteroatoms. The van der Waals surface area contributed by atoms with Crippen molar-refractivity contribution in [3.8, 4) is 6.07 Å². The zero-order chi connectivity index (χ0) is 23.8. The summed E-state index contributed by atoms with van der Waals surface area (Å²) in [5, 5.41) is 14.0. The van der Waals surface area contributed by atoms with E-state index in [1.54, 1.807) is 35.2 Å². The molecule has 0 atom stereocenters. The summed E-state index contributed by atoms with van der Waals surface area (Å²) in [6, 6.07) is 20.2. The van der Waals surface area contributed by atoms with Crippen molar-refractivity contribution in [3.05, 3.63) is 100 Å². The van der Waals surface area contributed by atoms with Crippen LogP contribution in [0.4, 0.5) is 14.9 Å². The van der Waals surface area contributed by atoms with Gasteiger partial charge in [0.2, 0.25) is 5.91 Å². The topological polar surface area (TPSA) is 85.2 Å². The van der Waals surface area contributed by atoms with Crippen molar-refractivity contribution in [1.29, 1.82) is 5.26 Å². The lowest BCUT2D eigenvalue weighted by Gasteiger charge is -2.22. The molecule has 0 heterocycles. The Morgan fingerprint density at radius 2 is 1.67 bits per heavy atom. The molecule has 33 heavy (non-hydrogen) atoms. The molecule has 3 aromatic carbocycles. The van der Waals surface area contributed by atoms with E-state index in [1.165, 1.54) is 12.1 Å². The van der Waals surface area contributed by atoms with Gasteiger partial charge in [0.15, 0.2) is 0 Å². The summed E-state index contributed by atoms with van der Waals surface area (Å²) >= 11 is 0. The molecule has 168 valence electrons. The molecule has 0 radical (unpaired) electrons. The maximum atomic E-state index is 13.6. The number of aryl methyl sites for hydroxylation is 1. The van der Waals surface area contributed by atoms with Crippen LogP contribution in [-0.2, 0) is 17.9 Å². The van der Waals surface area contributed by atoms with Gasteiger partial charge < -0.3 is 5.32 Å². The Labute approximate surface area is 192 Å². The molecule has 0 fully saturated rings. The highest BCUT2D eigenvalue weighted by molar-refractivity contribution is 6.02. The zero-order valence-electron chi connectivity index (χ0n) is 18.6. The summed E-state index contributed by atoms with van der Waals surface area (Å²) in [4.78, 5) is 26.8. The van der Waals surface area contributed by atoms with Gasteiger partial charge in [-0.3, -0.25) is 15.0 Å². The number of halogens is 1. The number of rotatable bonds is 7. The second kappa shape index (κ2) is 11.0. The summed E-state index contributed by atoms with van der Waals surface area (Å²) in [5.74, 6) is -0.842. The quantitative estimate of drug-likeness (QED) is 0.555. The number of hydrogen-bond acceptors (Lipinski definition) is 4. The molecule has 0 saturated carbocycles. The second-order valence-corrected chi connectivity index (χ2v) is 7.83. The van der Waals surface area contributed by atoms with Crippen LogP contribution in [0.3, 0.4) is 0 Å². The molecule has 0 aliphatic heterocycles. The summed E-state index contributed by atoms with van der Waals surface area (Å²) in [6.45, 7) is 4.46. The first kappa shape index (κ1) is 23.6. The number of carbonyl (C=O) groups is 2. The first-order valence-electron chi connectivity index (χ1n) is 10.5. The predicted molar refractivity (Wildman–Crippen MR) is 125 cm³/mol. The number of benzene rings is 3. The number of nitrogens with one attached hydrogen (secondary N) is 2. The van der Waals surface area contributed by atoms with Gasteiger partial charge in [-0.05, 0) is 66.4 Å². The van der Waals surface area contributed by atoms with E-state index >= 15 is 0 Å². The van der Waals surface area contributed by atoms with Crippen LogP contribution in [0.1, 0.15) is 27.8 Å². The highest BCUT2D eigenvalue weighted by Crippen LogP contribution is 2.17. The number of amides is 3. The van der Waals surface area contributed by atoms with Gasteiger partial charge in [0.05, 0.1) is 18.2 Å². The van der Waals surface area contributed by atoms with Crippen molar-refractivity contribution >= 4 is 17.6 Å². The molecule has 3 rings (SSSR count). The molecule has 6 nitrogen and oxygen atoms in total. The fraction of sp³-hybridized carbons (Fsp3) is 0.192. The lowest BCUT2D eigenvalue weighted by atomic mass is 10.1. The summed E-state index contributed by atoms with van der Waals surface area (Å²) in [6.07, 6.45) is 0. The van der Waals surface area contributed by atoms with Crippen molar-refractivity contribution in [2.24, 2.45) is 0 Å². The summed E-state index contributed by atoms with van der Waals surface area (Å²) < 4.78 is 13.6. The van der Waals surface area contributed by atoms with E-state index in [0.29, 0.717) is 29.9 Å². The van der Waals surface area contributed by atoms with Crippen molar-refractivity contribution in [3.63, 3.8) is 0 Å². The Morgan fingerprint density at radius 3 is 2.36 bits per heavy atom. The third-order valence-corrected chi connectivity index (χ3v) is 5.26. The Hall–Kier alpha value is -4.02. The van der Waals surface area contributed by atoms with Crippen LogP contribution in [0.2, 0.25) is 0 Å². The lowest BCUT2D eigenvalue weighted by Crippen LogP contribution is -2.41. The maximum absolute atomic E-state index is 13.6. The zero-order valence-corrected chi connectivity index (χ0v) is 18.6. The van der Waals surface area contributed by atoms with E-state index in [9.17, 15) is 14.0 Å². The Balaban J connectivity index is 1.68. The molecule has 0 saturated heterocycles. The highest BCUT2D eigenvalue weighted by atomic mass is 19.1. The second-order valence-electron chi connectivity index (χ2n) is 7.83. The number of nitrogens with zero attached hydrogens (tertiary/aromatic N) is 2. The van der Waals surface area contributed by atoms with Crippen LogP contribution in [0.5, 0.6) is 0 Å². The van der Waals surface area contributed by atoms with Gasteiger partial charge in [-0.1, -0.05) is 36.4 Å². The van der Waals surface area contributed by atoms with Crippen LogP contribution in [-0.4, -0.2) is 23.4 Å². The molecule has 0 aromatic heterocycles. The van der Waals surface area contributed by atoms with E-state index < -0.39 is 11.9 Å². The van der Waals surface area contributed by atoms with Crippen molar-refractivity contribution in [2.45, 2.75) is 26.9 Å². The maximum Gasteiger partial charge on any atom is 0.325 e. The minimum atomic E-state index is -0.613. The lowest BCUT2D eigenvalue weighted by molar-refractivity contribution is -0.121.